The van der Waals surface area contributed by atoms with Gasteiger partial charge >= 0.3 is 0 Å². The molecule has 32 heavy (non-hydrogen) atoms. The molecule has 0 N–H and O–H groups in total. The van der Waals surface area contributed by atoms with Crippen molar-refractivity contribution in [3.8, 4) is 0 Å². The molecular formula is C23H29N5O3S. The zero-order valence-corrected chi connectivity index (χ0v) is 19.1. The molecule has 2 aliphatic rings. The summed E-state index contributed by atoms with van der Waals surface area (Å²) in [6.45, 7) is 5.97. The van der Waals surface area contributed by atoms with Gasteiger partial charge in [-0.3, -0.25) is 14.8 Å². The fourth-order valence-electron chi connectivity index (χ4n) is 4.36. The summed E-state index contributed by atoms with van der Waals surface area (Å²) >= 11 is 0. The van der Waals surface area contributed by atoms with Crippen LogP contribution in [0.5, 0.6) is 0 Å². The second-order valence-corrected chi connectivity index (χ2v) is 10.1. The molecule has 0 bridgehead atoms. The van der Waals surface area contributed by atoms with Gasteiger partial charge in [-0.25, -0.2) is 13.4 Å². The van der Waals surface area contributed by atoms with E-state index in [4.69, 9.17) is 0 Å². The highest BCUT2D eigenvalue weighted by Gasteiger charge is 2.36. The standard InChI is InChI=1S/C23H29N5O3S/c1-3-19-4-6-22(7-5-19)32(30,31)27-16-17-28(23(29)18-27)25(2)20-10-14-26(15-11-20)21-8-12-24-13-9-21/h3-9,12-13,20H,1,10-11,14-18H2,2H3. The van der Waals surface area contributed by atoms with Gasteiger partial charge in [-0.05, 0) is 42.7 Å². The van der Waals surface area contributed by atoms with E-state index in [-0.39, 0.29) is 29.9 Å². The molecule has 1 aromatic carbocycles. The van der Waals surface area contributed by atoms with Crippen molar-refractivity contribution < 1.29 is 13.2 Å². The van der Waals surface area contributed by atoms with Crippen LogP contribution >= 0.6 is 0 Å². The Hall–Kier alpha value is -2.75. The number of nitrogens with zero attached hydrogens (tertiary/aromatic N) is 5. The zero-order valence-electron chi connectivity index (χ0n) is 18.3. The van der Waals surface area contributed by atoms with Crippen molar-refractivity contribution in [2.45, 2.75) is 23.8 Å². The molecule has 1 amide bonds. The van der Waals surface area contributed by atoms with E-state index in [1.165, 1.54) is 4.31 Å². The summed E-state index contributed by atoms with van der Waals surface area (Å²) < 4.78 is 27.2. The summed E-state index contributed by atoms with van der Waals surface area (Å²) in [7, 11) is -1.78. The molecule has 2 aliphatic heterocycles. The number of amides is 1. The molecule has 4 rings (SSSR count). The van der Waals surface area contributed by atoms with Crippen LogP contribution in [-0.4, -0.2) is 79.4 Å². The lowest BCUT2D eigenvalue weighted by Gasteiger charge is -2.44. The van der Waals surface area contributed by atoms with Gasteiger partial charge in [-0.15, -0.1) is 0 Å². The molecule has 0 aliphatic carbocycles. The molecule has 0 unspecified atom stereocenters. The van der Waals surface area contributed by atoms with E-state index in [2.05, 4.69) is 16.5 Å². The Morgan fingerprint density at radius 1 is 1.03 bits per heavy atom. The van der Waals surface area contributed by atoms with Gasteiger partial charge in [0.15, 0.2) is 0 Å². The van der Waals surface area contributed by atoms with Gasteiger partial charge in [0.1, 0.15) is 0 Å². The fourth-order valence-corrected chi connectivity index (χ4v) is 5.74. The van der Waals surface area contributed by atoms with Crippen molar-refractivity contribution in [2.24, 2.45) is 0 Å². The monoisotopic (exact) mass is 455 g/mol. The Morgan fingerprint density at radius 2 is 1.69 bits per heavy atom. The molecule has 0 atom stereocenters. The molecule has 9 heteroatoms. The van der Waals surface area contributed by atoms with Crippen LogP contribution in [0.3, 0.4) is 0 Å². The first kappa shape index (κ1) is 22.4. The van der Waals surface area contributed by atoms with Crippen molar-refractivity contribution in [1.82, 2.24) is 19.3 Å². The number of hydrogen-bond acceptors (Lipinski definition) is 6. The van der Waals surface area contributed by atoms with E-state index >= 15 is 0 Å². The number of anilines is 1. The molecule has 0 saturated carbocycles. The molecule has 2 fully saturated rings. The van der Waals surface area contributed by atoms with Crippen LogP contribution in [0.1, 0.15) is 18.4 Å². The van der Waals surface area contributed by atoms with E-state index in [0.717, 1.165) is 37.2 Å². The first-order valence-electron chi connectivity index (χ1n) is 10.8. The molecule has 1 aromatic heterocycles. The van der Waals surface area contributed by atoms with Crippen molar-refractivity contribution in [1.29, 1.82) is 0 Å². The van der Waals surface area contributed by atoms with Crippen molar-refractivity contribution in [2.75, 3.05) is 44.7 Å². The second kappa shape index (κ2) is 9.40. The number of rotatable bonds is 6. The number of piperidine rings is 1. The van der Waals surface area contributed by atoms with Crippen LogP contribution in [0, 0.1) is 0 Å². The number of aromatic nitrogens is 1. The summed E-state index contributed by atoms with van der Waals surface area (Å²) in [5.74, 6) is -0.193. The van der Waals surface area contributed by atoms with Crippen LogP contribution in [0.25, 0.3) is 6.08 Å². The van der Waals surface area contributed by atoms with Gasteiger partial charge in [0, 0.05) is 50.8 Å². The van der Waals surface area contributed by atoms with Gasteiger partial charge in [0.05, 0.1) is 18.0 Å². The summed E-state index contributed by atoms with van der Waals surface area (Å²) in [5.41, 5.74) is 2.01. The smallest absolute Gasteiger partial charge is 0.252 e. The van der Waals surface area contributed by atoms with Crippen LogP contribution in [0.2, 0.25) is 0 Å². The second-order valence-electron chi connectivity index (χ2n) is 8.13. The van der Waals surface area contributed by atoms with Gasteiger partial charge in [0.2, 0.25) is 10.0 Å². The third-order valence-corrected chi connectivity index (χ3v) is 8.18. The van der Waals surface area contributed by atoms with E-state index < -0.39 is 10.0 Å². The Labute approximate surface area is 189 Å². The normalized spacial score (nSPS) is 18.9. The van der Waals surface area contributed by atoms with Crippen LogP contribution in [0.15, 0.2) is 60.3 Å². The average molecular weight is 456 g/mol. The maximum absolute atomic E-state index is 13.0. The largest absolute Gasteiger partial charge is 0.371 e. The highest BCUT2D eigenvalue weighted by molar-refractivity contribution is 7.89. The highest BCUT2D eigenvalue weighted by atomic mass is 32.2. The van der Waals surface area contributed by atoms with E-state index in [1.807, 2.05) is 24.2 Å². The summed E-state index contributed by atoms with van der Waals surface area (Å²) in [6, 6.07) is 10.8. The number of hydrazine groups is 1. The molecule has 2 saturated heterocycles. The number of hydrogen-bond donors (Lipinski definition) is 0. The lowest BCUT2D eigenvalue weighted by Crippen LogP contribution is -2.60. The van der Waals surface area contributed by atoms with Gasteiger partial charge in [-0.1, -0.05) is 24.8 Å². The number of carbonyl (C=O) groups is 1. The Morgan fingerprint density at radius 3 is 2.28 bits per heavy atom. The zero-order chi connectivity index (χ0) is 22.7. The van der Waals surface area contributed by atoms with Gasteiger partial charge in [-0.2, -0.15) is 4.31 Å². The molecule has 0 spiro atoms. The SMILES string of the molecule is C=Cc1ccc(S(=O)(=O)N2CCN(N(C)C3CCN(c4ccncc4)CC3)C(=O)C2)cc1. The summed E-state index contributed by atoms with van der Waals surface area (Å²) in [5, 5.41) is 3.72. The fraction of sp³-hybridized carbons (Fsp3) is 0.391. The molecule has 170 valence electrons. The van der Waals surface area contributed by atoms with Gasteiger partial charge in [0.25, 0.3) is 5.91 Å². The first-order chi connectivity index (χ1) is 15.4. The summed E-state index contributed by atoms with van der Waals surface area (Å²) in [4.78, 5) is 19.5. The topological polar surface area (TPSA) is 77.1 Å². The quantitative estimate of drug-likeness (QED) is 0.664. The average Bonchev–Trinajstić information content (AvgIpc) is 2.84. The minimum atomic E-state index is -3.71. The number of benzene rings is 1. The molecule has 2 aromatic rings. The minimum absolute atomic E-state index is 0.147. The summed E-state index contributed by atoms with van der Waals surface area (Å²) in [6.07, 6.45) is 7.12. The number of piperazine rings is 1. The first-order valence-corrected chi connectivity index (χ1v) is 12.2. The lowest BCUT2D eigenvalue weighted by atomic mass is 10.0. The van der Waals surface area contributed by atoms with E-state index in [0.29, 0.717) is 6.54 Å². The predicted octanol–water partition coefficient (Wildman–Crippen LogP) is 2.07. The van der Waals surface area contributed by atoms with Crippen molar-refractivity contribution in [3.05, 3.63) is 60.9 Å². The Bertz CT molecular complexity index is 1050. The van der Waals surface area contributed by atoms with Crippen LogP contribution < -0.4 is 4.90 Å². The lowest BCUT2D eigenvalue weighted by molar-refractivity contribution is -0.156. The van der Waals surface area contributed by atoms with Crippen LogP contribution in [-0.2, 0) is 14.8 Å². The maximum atomic E-state index is 13.0. The minimum Gasteiger partial charge on any atom is -0.371 e. The third-order valence-electron chi connectivity index (χ3n) is 6.32. The number of pyridine rings is 1. The van der Waals surface area contributed by atoms with Crippen LogP contribution in [0.4, 0.5) is 5.69 Å². The molecule has 3 heterocycles. The van der Waals surface area contributed by atoms with E-state index in [9.17, 15) is 13.2 Å². The predicted molar refractivity (Wildman–Crippen MR) is 124 cm³/mol. The van der Waals surface area contributed by atoms with Crippen molar-refractivity contribution >= 4 is 27.7 Å². The molecule has 0 radical (unpaired) electrons. The Kier molecular flexibility index (Phi) is 6.59. The number of carbonyl (C=O) groups excluding carboxylic acids is 1. The highest BCUT2D eigenvalue weighted by Crippen LogP contribution is 2.24. The van der Waals surface area contributed by atoms with Gasteiger partial charge < -0.3 is 4.90 Å². The van der Waals surface area contributed by atoms with Crippen molar-refractivity contribution in [3.63, 3.8) is 0 Å². The Balaban J connectivity index is 1.36. The maximum Gasteiger partial charge on any atom is 0.252 e. The van der Waals surface area contributed by atoms with E-state index in [1.54, 1.807) is 47.7 Å². The number of sulfonamides is 1. The third kappa shape index (κ3) is 4.55. The molecular weight excluding hydrogens is 426 g/mol. The molecule has 8 nitrogen and oxygen atoms in total.